The molecule has 4 heteroatoms. The van der Waals surface area contributed by atoms with Crippen LogP contribution in [0.2, 0.25) is 0 Å². The second kappa shape index (κ2) is 4.69. The van der Waals surface area contributed by atoms with Gasteiger partial charge in [-0.2, -0.15) is 0 Å². The molecule has 0 fully saturated rings. The molecule has 4 nitrogen and oxygen atoms in total. The molecule has 0 aliphatic carbocycles. The Morgan fingerprint density at radius 3 is 2.86 bits per heavy atom. The second-order valence-corrected chi connectivity index (χ2v) is 3.21. The van der Waals surface area contributed by atoms with Gasteiger partial charge < -0.3 is 15.6 Å². The lowest BCUT2D eigenvalue weighted by Gasteiger charge is -2.06. The molecule has 1 aromatic rings. The van der Waals surface area contributed by atoms with E-state index in [-0.39, 0.29) is 5.91 Å². The molecule has 1 aromatic heterocycles. The van der Waals surface area contributed by atoms with Crippen molar-refractivity contribution >= 4 is 11.6 Å². The van der Waals surface area contributed by atoms with E-state index in [9.17, 15) is 4.79 Å². The quantitative estimate of drug-likeness (QED) is 0.759. The summed E-state index contributed by atoms with van der Waals surface area (Å²) in [4.78, 5) is 11.6. The molecule has 0 saturated carbocycles. The van der Waals surface area contributed by atoms with Crippen LogP contribution in [0.5, 0.6) is 0 Å². The normalized spacial score (nSPS) is 10.1. The highest BCUT2D eigenvalue weighted by molar-refractivity contribution is 5.93. The van der Waals surface area contributed by atoms with Crippen LogP contribution in [-0.4, -0.2) is 17.0 Å². The number of anilines is 1. The molecule has 0 aromatic carbocycles. The van der Waals surface area contributed by atoms with Gasteiger partial charge >= 0.3 is 0 Å². The second-order valence-electron chi connectivity index (χ2n) is 3.21. The zero-order valence-electron chi connectivity index (χ0n) is 8.71. The number of amides is 1. The topological polar surface area (TPSA) is 60.0 Å². The van der Waals surface area contributed by atoms with E-state index in [4.69, 9.17) is 5.73 Å². The first-order valence-corrected chi connectivity index (χ1v) is 4.92. The number of hydrogen-bond acceptors (Lipinski definition) is 2. The van der Waals surface area contributed by atoms with Crippen LogP contribution in [0.3, 0.4) is 0 Å². The van der Waals surface area contributed by atoms with Crippen LogP contribution in [0.1, 0.15) is 30.8 Å². The molecular formula is C10H17N3O. The summed E-state index contributed by atoms with van der Waals surface area (Å²) in [7, 11) is 0. The molecule has 14 heavy (non-hydrogen) atoms. The Labute approximate surface area is 84.1 Å². The van der Waals surface area contributed by atoms with E-state index in [1.807, 2.05) is 11.5 Å². The van der Waals surface area contributed by atoms with Crippen LogP contribution in [0.25, 0.3) is 0 Å². The van der Waals surface area contributed by atoms with Gasteiger partial charge in [-0.15, -0.1) is 0 Å². The number of aryl methyl sites for hydroxylation is 1. The van der Waals surface area contributed by atoms with Crippen LogP contribution in [0.4, 0.5) is 5.69 Å². The maximum absolute atomic E-state index is 11.6. The Morgan fingerprint density at radius 1 is 1.57 bits per heavy atom. The Kier molecular flexibility index (Phi) is 3.56. The van der Waals surface area contributed by atoms with Crippen molar-refractivity contribution in [3.8, 4) is 0 Å². The zero-order valence-corrected chi connectivity index (χ0v) is 8.71. The third-order valence-corrected chi connectivity index (χ3v) is 1.95. The van der Waals surface area contributed by atoms with E-state index in [0.29, 0.717) is 17.9 Å². The summed E-state index contributed by atoms with van der Waals surface area (Å²) in [5, 5.41) is 2.76. The van der Waals surface area contributed by atoms with Gasteiger partial charge in [-0.05, 0) is 19.4 Å². The summed E-state index contributed by atoms with van der Waals surface area (Å²) >= 11 is 0. The molecule has 0 aliphatic rings. The van der Waals surface area contributed by atoms with Crippen molar-refractivity contribution in [1.29, 1.82) is 0 Å². The van der Waals surface area contributed by atoms with Crippen molar-refractivity contribution in [2.24, 2.45) is 0 Å². The molecule has 0 unspecified atom stereocenters. The third-order valence-electron chi connectivity index (χ3n) is 1.95. The van der Waals surface area contributed by atoms with Crippen molar-refractivity contribution in [3.63, 3.8) is 0 Å². The fraction of sp³-hybridized carbons (Fsp3) is 0.500. The smallest absolute Gasteiger partial charge is 0.267 e. The van der Waals surface area contributed by atoms with Crippen LogP contribution in [0, 0.1) is 0 Å². The molecule has 0 radical (unpaired) electrons. The van der Waals surface area contributed by atoms with Gasteiger partial charge in [0.1, 0.15) is 5.69 Å². The number of nitrogens with two attached hydrogens (primary N) is 1. The van der Waals surface area contributed by atoms with E-state index < -0.39 is 0 Å². The van der Waals surface area contributed by atoms with Crippen molar-refractivity contribution in [2.45, 2.75) is 26.8 Å². The lowest BCUT2D eigenvalue weighted by atomic mass is 10.3. The molecular weight excluding hydrogens is 178 g/mol. The highest BCUT2D eigenvalue weighted by atomic mass is 16.1. The lowest BCUT2D eigenvalue weighted by molar-refractivity contribution is 0.0946. The molecule has 1 rings (SSSR count). The van der Waals surface area contributed by atoms with E-state index >= 15 is 0 Å². The molecule has 1 heterocycles. The van der Waals surface area contributed by atoms with Crippen molar-refractivity contribution in [3.05, 3.63) is 18.0 Å². The van der Waals surface area contributed by atoms with Crippen LogP contribution in [-0.2, 0) is 6.54 Å². The SMILES string of the molecule is CCCn1cc(N)cc1C(=O)NCC. The maximum Gasteiger partial charge on any atom is 0.267 e. The molecule has 78 valence electrons. The van der Waals surface area contributed by atoms with E-state index in [1.54, 1.807) is 12.3 Å². The van der Waals surface area contributed by atoms with Gasteiger partial charge in [-0.25, -0.2) is 0 Å². The summed E-state index contributed by atoms with van der Waals surface area (Å²) in [6.45, 7) is 5.42. The largest absolute Gasteiger partial charge is 0.397 e. The molecule has 0 atom stereocenters. The summed E-state index contributed by atoms with van der Waals surface area (Å²) in [6, 6.07) is 1.71. The van der Waals surface area contributed by atoms with Gasteiger partial charge in [-0.1, -0.05) is 6.92 Å². The standard InChI is InChI=1S/C10H17N3O/c1-3-5-13-7-8(11)6-9(13)10(14)12-4-2/h6-7H,3-5,11H2,1-2H3,(H,12,14). The number of aromatic nitrogens is 1. The van der Waals surface area contributed by atoms with Gasteiger partial charge in [0.25, 0.3) is 5.91 Å². The first-order chi connectivity index (χ1) is 6.69. The number of nitrogens with one attached hydrogen (secondary N) is 1. The minimum absolute atomic E-state index is 0.0577. The Morgan fingerprint density at radius 2 is 2.29 bits per heavy atom. The number of carbonyl (C=O) groups excluding carboxylic acids is 1. The van der Waals surface area contributed by atoms with Crippen molar-refractivity contribution < 1.29 is 4.79 Å². The average molecular weight is 195 g/mol. The molecule has 0 bridgehead atoms. The summed E-state index contributed by atoms with van der Waals surface area (Å²) < 4.78 is 1.89. The number of nitrogen functional groups attached to an aromatic ring is 1. The van der Waals surface area contributed by atoms with Crippen molar-refractivity contribution in [1.82, 2.24) is 9.88 Å². The van der Waals surface area contributed by atoms with Crippen LogP contribution < -0.4 is 11.1 Å². The summed E-state index contributed by atoms with van der Waals surface area (Å²) in [6.07, 6.45) is 2.79. The van der Waals surface area contributed by atoms with Gasteiger partial charge in [0.2, 0.25) is 0 Å². The Bertz CT molecular complexity index is 317. The predicted octanol–water partition coefficient (Wildman–Crippen LogP) is 1.23. The monoisotopic (exact) mass is 195 g/mol. The third kappa shape index (κ3) is 2.28. The average Bonchev–Trinajstić information content (AvgIpc) is 2.48. The fourth-order valence-electron chi connectivity index (χ4n) is 1.40. The molecule has 0 spiro atoms. The van der Waals surface area contributed by atoms with E-state index in [2.05, 4.69) is 12.2 Å². The first-order valence-electron chi connectivity index (χ1n) is 4.92. The Hall–Kier alpha value is -1.45. The summed E-state index contributed by atoms with van der Waals surface area (Å²) in [5.74, 6) is -0.0577. The zero-order chi connectivity index (χ0) is 10.6. The molecule has 0 saturated heterocycles. The molecule has 3 N–H and O–H groups in total. The van der Waals surface area contributed by atoms with Gasteiger partial charge in [0.15, 0.2) is 0 Å². The highest BCUT2D eigenvalue weighted by Crippen LogP contribution is 2.11. The van der Waals surface area contributed by atoms with E-state index in [1.165, 1.54) is 0 Å². The van der Waals surface area contributed by atoms with Crippen LogP contribution in [0.15, 0.2) is 12.3 Å². The highest BCUT2D eigenvalue weighted by Gasteiger charge is 2.10. The number of carbonyl (C=O) groups is 1. The molecule has 1 amide bonds. The minimum atomic E-state index is -0.0577. The number of nitrogens with zero attached hydrogens (tertiary/aromatic N) is 1. The molecule has 0 aliphatic heterocycles. The van der Waals surface area contributed by atoms with Crippen LogP contribution >= 0.6 is 0 Å². The van der Waals surface area contributed by atoms with Gasteiger partial charge in [0.05, 0.1) is 5.69 Å². The summed E-state index contributed by atoms with van der Waals surface area (Å²) in [5.41, 5.74) is 6.93. The minimum Gasteiger partial charge on any atom is -0.397 e. The fourth-order valence-corrected chi connectivity index (χ4v) is 1.40. The van der Waals surface area contributed by atoms with E-state index in [0.717, 1.165) is 13.0 Å². The first kappa shape index (κ1) is 10.6. The number of rotatable bonds is 4. The Balaban J connectivity index is 2.88. The number of hydrogen-bond donors (Lipinski definition) is 2. The van der Waals surface area contributed by atoms with Gasteiger partial charge in [-0.3, -0.25) is 4.79 Å². The lowest BCUT2D eigenvalue weighted by Crippen LogP contribution is -2.25. The predicted molar refractivity (Wildman–Crippen MR) is 57.1 cm³/mol. The maximum atomic E-state index is 11.6. The van der Waals surface area contributed by atoms with Gasteiger partial charge in [0, 0.05) is 19.3 Å². The van der Waals surface area contributed by atoms with Crippen molar-refractivity contribution in [2.75, 3.05) is 12.3 Å².